The lowest BCUT2D eigenvalue weighted by molar-refractivity contribution is 0.0765. The molecular formula is C22H17Cl2FN2O3. The van der Waals surface area contributed by atoms with Crippen molar-refractivity contribution >= 4 is 29.1 Å². The van der Waals surface area contributed by atoms with Gasteiger partial charge in [-0.05, 0) is 30.3 Å². The van der Waals surface area contributed by atoms with Gasteiger partial charge in [-0.3, -0.25) is 4.79 Å². The Morgan fingerprint density at radius 1 is 1.07 bits per heavy atom. The zero-order valence-corrected chi connectivity index (χ0v) is 17.7. The molecule has 1 aliphatic rings. The summed E-state index contributed by atoms with van der Waals surface area (Å²) in [6, 6.07) is 11.3. The monoisotopic (exact) mass is 446 g/mol. The fourth-order valence-corrected chi connectivity index (χ4v) is 4.05. The highest BCUT2D eigenvalue weighted by molar-refractivity contribution is 6.35. The lowest BCUT2D eigenvalue weighted by Gasteiger charge is -2.18. The normalized spacial score (nSPS) is 12.8. The molecule has 30 heavy (non-hydrogen) atoms. The number of methoxy groups -OCH3 is 2. The van der Waals surface area contributed by atoms with Crippen LogP contribution in [0.15, 0.2) is 42.5 Å². The van der Waals surface area contributed by atoms with Crippen molar-refractivity contribution in [3.8, 4) is 22.8 Å². The lowest BCUT2D eigenvalue weighted by atomic mass is 10.1. The molecule has 0 saturated carbocycles. The number of ether oxygens (including phenoxy) is 2. The molecule has 0 spiro atoms. The van der Waals surface area contributed by atoms with Crippen molar-refractivity contribution in [1.82, 2.24) is 9.88 Å². The third kappa shape index (κ3) is 3.57. The Morgan fingerprint density at radius 3 is 2.57 bits per heavy atom. The van der Waals surface area contributed by atoms with E-state index in [1.54, 1.807) is 37.3 Å². The van der Waals surface area contributed by atoms with Crippen molar-refractivity contribution in [2.45, 2.75) is 13.1 Å². The summed E-state index contributed by atoms with van der Waals surface area (Å²) in [6.45, 7) is 0.539. The zero-order chi connectivity index (χ0) is 21.4. The lowest BCUT2D eigenvalue weighted by Crippen LogP contribution is -2.23. The Kier molecular flexibility index (Phi) is 5.54. The van der Waals surface area contributed by atoms with E-state index >= 15 is 0 Å². The van der Waals surface area contributed by atoms with Gasteiger partial charge in [-0.15, -0.1) is 0 Å². The fourth-order valence-electron chi connectivity index (χ4n) is 3.50. The van der Waals surface area contributed by atoms with Gasteiger partial charge >= 0.3 is 0 Å². The maximum Gasteiger partial charge on any atom is 0.257 e. The molecule has 0 unspecified atom stereocenters. The van der Waals surface area contributed by atoms with Gasteiger partial charge in [0, 0.05) is 11.6 Å². The highest BCUT2D eigenvalue weighted by atomic mass is 35.5. The molecule has 0 N–H and O–H groups in total. The smallest absolute Gasteiger partial charge is 0.257 e. The van der Waals surface area contributed by atoms with E-state index in [0.717, 1.165) is 5.56 Å². The number of halogens is 3. The minimum Gasteiger partial charge on any atom is -0.497 e. The van der Waals surface area contributed by atoms with E-state index < -0.39 is 5.82 Å². The molecule has 154 valence electrons. The maximum absolute atomic E-state index is 14.3. The Hall–Kier alpha value is -2.83. The van der Waals surface area contributed by atoms with E-state index in [9.17, 15) is 9.18 Å². The van der Waals surface area contributed by atoms with Gasteiger partial charge in [0.1, 0.15) is 17.3 Å². The minimum atomic E-state index is -0.504. The van der Waals surface area contributed by atoms with Gasteiger partial charge < -0.3 is 14.4 Å². The van der Waals surface area contributed by atoms with Crippen molar-refractivity contribution < 1.29 is 18.7 Å². The van der Waals surface area contributed by atoms with Crippen LogP contribution in [0.5, 0.6) is 11.5 Å². The predicted molar refractivity (Wildman–Crippen MR) is 113 cm³/mol. The average molecular weight is 447 g/mol. The third-order valence-electron chi connectivity index (χ3n) is 4.96. The Morgan fingerprint density at radius 2 is 1.87 bits per heavy atom. The van der Waals surface area contributed by atoms with Crippen molar-refractivity contribution in [3.05, 3.63) is 75.1 Å². The van der Waals surface area contributed by atoms with Gasteiger partial charge in [-0.2, -0.15) is 0 Å². The molecule has 0 atom stereocenters. The van der Waals surface area contributed by atoms with Gasteiger partial charge in [0.05, 0.1) is 59.9 Å². The van der Waals surface area contributed by atoms with Crippen molar-refractivity contribution in [3.63, 3.8) is 0 Å². The molecule has 0 saturated heterocycles. The third-order valence-corrected chi connectivity index (χ3v) is 5.58. The minimum absolute atomic E-state index is 0.159. The Labute approximate surface area is 183 Å². The summed E-state index contributed by atoms with van der Waals surface area (Å²) in [5.41, 5.74) is 2.06. The second kappa shape index (κ2) is 8.13. The number of pyridine rings is 1. The van der Waals surface area contributed by atoms with Crippen molar-refractivity contribution in [2.75, 3.05) is 14.2 Å². The topological polar surface area (TPSA) is 51.7 Å². The van der Waals surface area contributed by atoms with E-state index in [-0.39, 0.29) is 28.1 Å². The molecule has 1 amide bonds. The van der Waals surface area contributed by atoms with Crippen molar-refractivity contribution in [1.29, 1.82) is 0 Å². The first-order valence-corrected chi connectivity index (χ1v) is 9.82. The molecule has 2 aromatic carbocycles. The summed E-state index contributed by atoms with van der Waals surface area (Å²) >= 11 is 12.6. The van der Waals surface area contributed by atoms with Crippen LogP contribution < -0.4 is 9.47 Å². The largest absolute Gasteiger partial charge is 0.497 e. The number of nitrogens with zero attached hydrogens (tertiary/aromatic N) is 2. The molecule has 5 nitrogen and oxygen atoms in total. The number of aromatic nitrogens is 1. The number of carbonyl (C=O) groups is 1. The van der Waals surface area contributed by atoms with E-state index in [4.69, 9.17) is 32.7 Å². The summed E-state index contributed by atoms with van der Waals surface area (Å²) in [4.78, 5) is 19.1. The highest BCUT2D eigenvalue weighted by Crippen LogP contribution is 2.36. The number of rotatable bonds is 5. The van der Waals surface area contributed by atoms with Crippen LogP contribution >= 0.6 is 23.2 Å². The van der Waals surface area contributed by atoms with Gasteiger partial charge in [0.2, 0.25) is 0 Å². The quantitative estimate of drug-likeness (QED) is 0.528. The molecule has 0 fully saturated rings. The fraction of sp³-hybridized carbons (Fsp3) is 0.182. The first-order chi connectivity index (χ1) is 14.4. The first kappa shape index (κ1) is 20.4. The van der Waals surface area contributed by atoms with Crippen LogP contribution in [-0.2, 0) is 13.1 Å². The van der Waals surface area contributed by atoms with Crippen LogP contribution in [0, 0.1) is 5.82 Å². The number of benzene rings is 2. The second-order valence-corrected chi connectivity index (χ2v) is 7.56. The predicted octanol–water partition coefficient (Wildman–Crippen LogP) is 5.37. The summed E-state index contributed by atoms with van der Waals surface area (Å²) in [5.74, 6) is 0.514. The molecule has 8 heteroatoms. The number of hydrogen-bond donors (Lipinski definition) is 0. The number of fused-ring (bicyclic) bond motifs is 1. The molecule has 2 heterocycles. The van der Waals surface area contributed by atoms with Crippen LogP contribution in [0.4, 0.5) is 4.39 Å². The molecule has 4 rings (SSSR count). The molecule has 0 bridgehead atoms. The van der Waals surface area contributed by atoms with Crippen LogP contribution in [-0.4, -0.2) is 30.0 Å². The Balaban J connectivity index is 1.68. The van der Waals surface area contributed by atoms with Gasteiger partial charge in [0.25, 0.3) is 5.91 Å². The van der Waals surface area contributed by atoms with E-state index in [2.05, 4.69) is 4.98 Å². The summed E-state index contributed by atoms with van der Waals surface area (Å²) in [6.07, 6.45) is 0. The molecule has 0 aliphatic carbocycles. The number of carbonyl (C=O) groups excluding carboxylic acids is 1. The SMILES string of the molecule is COc1ccc(CN2Cc3nc(-c4c(F)cccc4Cl)cc(Cl)c3C2=O)c(OC)c1. The second-order valence-electron chi connectivity index (χ2n) is 6.75. The van der Waals surface area contributed by atoms with Gasteiger partial charge in [-0.25, -0.2) is 9.37 Å². The Bertz CT molecular complexity index is 1130. The van der Waals surface area contributed by atoms with Gasteiger partial charge in [-0.1, -0.05) is 29.3 Å². The molecule has 0 radical (unpaired) electrons. The van der Waals surface area contributed by atoms with Crippen LogP contribution in [0.2, 0.25) is 10.0 Å². The number of amides is 1. The van der Waals surface area contributed by atoms with Gasteiger partial charge in [0.15, 0.2) is 0 Å². The van der Waals surface area contributed by atoms with E-state index in [1.807, 2.05) is 6.07 Å². The average Bonchev–Trinajstić information content (AvgIpc) is 3.04. The van der Waals surface area contributed by atoms with E-state index in [1.165, 1.54) is 18.2 Å². The highest BCUT2D eigenvalue weighted by Gasteiger charge is 2.32. The summed E-state index contributed by atoms with van der Waals surface area (Å²) in [5, 5.41) is 0.436. The zero-order valence-electron chi connectivity index (χ0n) is 16.2. The van der Waals surface area contributed by atoms with Crippen molar-refractivity contribution in [2.24, 2.45) is 0 Å². The standard InChI is InChI=1S/C22H17Cl2FN2O3/c1-29-13-7-6-12(19(8-13)30-2)10-27-11-18-21(22(27)28)15(24)9-17(26-18)20-14(23)4-3-5-16(20)25/h3-9H,10-11H2,1-2H3. The van der Waals surface area contributed by atoms with Crippen LogP contribution in [0.25, 0.3) is 11.3 Å². The molecule has 1 aliphatic heterocycles. The molecule has 3 aromatic rings. The first-order valence-electron chi connectivity index (χ1n) is 9.07. The van der Waals surface area contributed by atoms with Crippen LogP contribution in [0.1, 0.15) is 21.6 Å². The van der Waals surface area contributed by atoms with Crippen LogP contribution in [0.3, 0.4) is 0 Å². The summed E-state index contributed by atoms with van der Waals surface area (Å²) < 4.78 is 25.0. The number of hydrogen-bond acceptors (Lipinski definition) is 4. The maximum atomic E-state index is 14.3. The molecular weight excluding hydrogens is 430 g/mol. The molecule has 1 aromatic heterocycles. The van der Waals surface area contributed by atoms with E-state index in [0.29, 0.717) is 35.0 Å². The summed E-state index contributed by atoms with van der Waals surface area (Å²) in [7, 11) is 3.13.